The molecule has 0 aliphatic rings. The lowest BCUT2D eigenvalue weighted by Crippen LogP contribution is -2.26. The first kappa shape index (κ1) is 12.8. The van der Waals surface area contributed by atoms with Crippen LogP contribution in [0, 0.1) is 0 Å². The zero-order valence-corrected chi connectivity index (χ0v) is 10.2. The van der Waals surface area contributed by atoms with Crippen LogP contribution < -0.4 is 4.72 Å². The summed E-state index contributed by atoms with van der Waals surface area (Å²) in [7, 11) is -3.29. The van der Waals surface area contributed by atoms with Crippen LogP contribution in [0.15, 0.2) is 24.3 Å². The molecule has 0 aliphatic heterocycles. The predicted molar refractivity (Wildman–Crippen MR) is 62.8 cm³/mol. The first-order chi connectivity index (χ1) is 7.03. The van der Waals surface area contributed by atoms with Crippen molar-refractivity contribution in [2.75, 3.05) is 12.4 Å². The van der Waals surface area contributed by atoms with Crippen molar-refractivity contribution in [2.24, 2.45) is 0 Å². The standard InChI is InChI=1S/C9H11Cl2NO2S/c10-5-6-12-15(13,14)7-8-1-3-9(11)4-2-8/h1-4,12H,5-7H2. The van der Waals surface area contributed by atoms with E-state index in [0.29, 0.717) is 10.6 Å². The molecule has 0 radical (unpaired) electrons. The van der Waals surface area contributed by atoms with Crippen molar-refractivity contribution in [3.8, 4) is 0 Å². The van der Waals surface area contributed by atoms with Crippen LogP contribution in [-0.4, -0.2) is 20.8 Å². The molecule has 1 rings (SSSR count). The third-order valence-corrected chi connectivity index (χ3v) is 3.48. The molecule has 1 aromatic rings. The van der Waals surface area contributed by atoms with Crippen LogP contribution in [0.4, 0.5) is 0 Å². The highest BCUT2D eigenvalue weighted by molar-refractivity contribution is 7.88. The molecule has 15 heavy (non-hydrogen) atoms. The molecular weight excluding hydrogens is 257 g/mol. The molecule has 84 valence electrons. The Morgan fingerprint density at radius 3 is 2.33 bits per heavy atom. The molecule has 0 spiro atoms. The highest BCUT2D eigenvalue weighted by atomic mass is 35.5. The van der Waals surface area contributed by atoms with E-state index in [9.17, 15) is 8.42 Å². The lowest BCUT2D eigenvalue weighted by Gasteiger charge is -2.04. The fourth-order valence-corrected chi connectivity index (χ4v) is 2.52. The zero-order valence-electron chi connectivity index (χ0n) is 7.91. The second-order valence-corrected chi connectivity index (χ2v) is 5.59. The van der Waals surface area contributed by atoms with Gasteiger partial charge in [-0.1, -0.05) is 23.7 Å². The number of sulfonamides is 1. The Morgan fingerprint density at radius 1 is 1.20 bits per heavy atom. The molecule has 0 aliphatic carbocycles. The minimum Gasteiger partial charge on any atom is -0.214 e. The van der Waals surface area contributed by atoms with Gasteiger partial charge in [-0.3, -0.25) is 0 Å². The second kappa shape index (κ2) is 5.70. The molecule has 3 nitrogen and oxygen atoms in total. The van der Waals surface area contributed by atoms with Crippen LogP contribution in [0.1, 0.15) is 5.56 Å². The number of nitrogens with one attached hydrogen (secondary N) is 1. The van der Waals surface area contributed by atoms with Crippen molar-refractivity contribution in [3.05, 3.63) is 34.9 Å². The Bertz CT molecular complexity index is 403. The monoisotopic (exact) mass is 267 g/mol. The molecule has 0 saturated carbocycles. The van der Waals surface area contributed by atoms with E-state index in [0.717, 1.165) is 0 Å². The molecule has 0 atom stereocenters. The maximum Gasteiger partial charge on any atom is 0.215 e. The summed E-state index contributed by atoms with van der Waals surface area (Å²) in [5.41, 5.74) is 0.696. The van der Waals surface area contributed by atoms with Crippen molar-refractivity contribution in [1.82, 2.24) is 4.72 Å². The first-order valence-electron chi connectivity index (χ1n) is 4.31. The lowest BCUT2D eigenvalue weighted by molar-refractivity contribution is 0.583. The van der Waals surface area contributed by atoms with Crippen LogP contribution >= 0.6 is 23.2 Å². The molecule has 6 heteroatoms. The zero-order chi connectivity index (χ0) is 11.3. The Hall–Kier alpha value is -0.290. The second-order valence-electron chi connectivity index (χ2n) is 2.97. The quantitative estimate of drug-likeness (QED) is 0.830. The average Bonchev–Trinajstić information content (AvgIpc) is 2.18. The molecule has 0 saturated heterocycles. The van der Waals surface area contributed by atoms with Gasteiger partial charge in [0.15, 0.2) is 0 Å². The van der Waals surface area contributed by atoms with Gasteiger partial charge in [-0.05, 0) is 17.7 Å². The molecule has 0 amide bonds. The van der Waals surface area contributed by atoms with Gasteiger partial charge in [0, 0.05) is 17.4 Å². The van der Waals surface area contributed by atoms with E-state index < -0.39 is 10.0 Å². The smallest absolute Gasteiger partial charge is 0.214 e. The summed E-state index contributed by atoms with van der Waals surface area (Å²) in [5, 5.41) is 0.588. The van der Waals surface area contributed by atoms with E-state index in [1.807, 2.05) is 0 Å². The third-order valence-electron chi connectivity index (χ3n) is 1.69. The Morgan fingerprint density at radius 2 is 1.80 bits per heavy atom. The normalized spacial score (nSPS) is 11.6. The van der Waals surface area contributed by atoms with Gasteiger partial charge in [0.25, 0.3) is 0 Å². The summed E-state index contributed by atoms with van der Waals surface area (Å²) >= 11 is 11.1. The third kappa shape index (κ3) is 4.84. The fourth-order valence-electron chi connectivity index (χ4n) is 1.05. The van der Waals surface area contributed by atoms with Gasteiger partial charge in [-0.25, -0.2) is 13.1 Å². The van der Waals surface area contributed by atoms with E-state index >= 15 is 0 Å². The van der Waals surface area contributed by atoms with Gasteiger partial charge >= 0.3 is 0 Å². The van der Waals surface area contributed by atoms with Gasteiger partial charge < -0.3 is 0 Å². The summed E-state index contributed by atoms with van der Waals surface area (Å²) in [6.45, 7) is 0.247. The maximum atomic E-state index is 11.4. The van der Waals surface area contributed by atoms with Gasteiger partial charge in [-0.2, -0.15) is 0 Å². The molecule has 0 heterocycles. The Kier molecular flexibility index (Phi) is 4.86. The first-order valence-corrected chi connectivity index (χ1v) is 6.88. The van der Waals surface area contributed by atoms with Gasteiger partial charge in [0.05, 0.1) is 5.75 Å². The molecule has 0 aromatic heterocycles. The van der Waals surface area contributed by atoms with Crippen LogP contribution in [0.5, 0.6) is 0 Å². The van der Waals surface area contributed by atoms with E-state index in [-0.39, 0.29) is 18.2 Å². The SMILES string of the molecule is O=S(=O)(Cc1ccc(Cl)cc1)NCCCl. The summed E-state index contributed by atoms with van der Waals surface area (Å²) in [4.78, 5) is 0. The minimum atomic E-state index is -3.29. The van der Waals surface area contributed by atoms with E-state index in [4.69, 9.17) is 23.2 Å². The maximum absolute atomic E-state index is 11.4. The van der Waals surface area contributed by atoms with Crippen molar-refractivity contribution >= 4 is 33.2 Å². The van der Waals surface area contributed by atoms with Gasteiger partial charge in [0.1, 0.15) is 0 Å². The van der Waals surface area contributed by atoms with E-state index in [2.05, 4.69) is 4.72 Å². The number of hydrogen-bond donors (Lipinski definition) is 1. The van der Waals surface area contributed by atoms with Crippen molar-refractivity contribution in [1.29, 1.82) is 0 Å². The molecule has 1 N–H and O–H groups in total. The Balaban J connectivity index is 2.65. The topological polar surface area (TPSA) is 46.2 Å². The van der Waals surface area contributed by atoms with Gasteiger partial charge in [-0.15, -0.1) is 11.6 Å². The summed E-state index contributed by atoms with van der Waals surface area (Å²) < 4.78 is 25.3. The summed E-state index contributed by atoms with van der Waals surface area (Å²) in [6.07, 6.45) is 0. The van der Waals surface area contributed by atoms with Crippen LogP contribution in [-0.2, 0) is 15.8 Å². The number of hydrogen-bond acceptors (Lipinski definition) is 2. The fraction of sp³-hybridized carbons (Fsp3) is 0.333. The van der Waals surface area contributed by atoms with E-state index in [1.54, 1.807) is 24.3 Å². The number of benzene rings is 1. The lowest BCUT2D eigenvalue weighted by atomic mass is 10.2. The van der Waals surface area contributed by atoms with Crippen molar-refractivity contribution < 1.29 is 8.42 Å². The molecule has 0 fully saturated rings. The molecular formula is C9H11Cl2NO2S. The van der Waals surface area contributed by atoms with Crippen molar-refractivity contribution in [3.63, 3.8) is 0 Å². The molecule has 1 aromatic carbocycles. The largest absolute Gasteiger partial charge is 0.215 e. The van der Waals surface area contributed by atoms with Gasteiger partial charge in [0.2, 0.25) is 10.0 Å². The number of halogens is 2. The number of rotatable bonds is 5. The highest BCUT2D eigenvalue weighted by Gasteiger charge is 2.09. The van der Waals surface area contributed by atoms with Crippen LogP contribution in [0.2, 0.25) is 5.02 Å². The Labute approximate surface area is 99.4 Å². The predicted octanol–water partition coefficient (Wildman–Crippen LogP) is 2.00. The molecule has 0 bridgehead atoms. The number of alkyl halides is 1. The van der Waals surface area contributed by atoms with E-state index in [1.165, 1.54) is 0 Å². The minimum absolute atomic E-state index is 0.0545. The van der Waals surface area contributed by atoms with Crippen molar-refractivity contribution in [2.45, 2.75) is 5.75 Å². The average molecular weight is 268 g/mol. The van der Waals surface area contributed by atoms with Crippen LogP contribution in [0.3, 0.4) is 0 Å². The summed E-state index contributed by atoms with van der Waals surface area (Å²) in [5.74, 6) is 0.209. The summed E-state index contributed by atoms with van der Waals surface area (Å²) in [6, 6.07) is 6.69. The molecule has 0 unspecified atom stereocenters. The highest BCUT2D eigenvalue weighted by Crippen LogP contribution is 2.11. The van der Waals surface area contributed by atoms with Crippen LogP contribution in [0.25, 0.3) is 0 Å².